The monoisotopic (exact) mass is 297 g/mol. The number of piperidine rings is 1. The van der Waals surface area contributed by atoms with Gasteiger partial charge in [-0.05, 0) is 37.0 Å². The number of halogens is 1. The van der Waals surface area contributed by atoms with E-state index < -0.39 is 0 Å². The summed E-state index contributed by atoms with van der Waals surface area (Å²) in [5, 5.41) is 0. The summed E-state index contributed by atoms with van der Waals surface area (Å²) in [4.78, 5) is 13.6. The molecule has 0 radical (unpaired) electrons. The molecule has 1 aromatic rings. The number of hydrogen-bond acceptors (Lipinski definition) is 2. The van der Waals surface area contributed by atoms with Crippen LogP contribution in [0.4, 0.5) is 4.79 Å². The zero-order chi connectivity index (χ0) is 12.3. The number of amides is 1. The van der Waals surface area contributed by atoms with Crippen LogP contribution >= 0.6 is 15.9 Å². The lowest BCUT2D eigenvalue weighted by atomic mass is 9.96. The fraction of sp³-hybridized carbons (Fsp3) is 0.462. The average Bonchev–Trinajstić information content (AvgIpc) is 2.38. The second kappa shape index (κ2) is 5.54. The fourth-order valence-corrected chi connectivity index (χ4v) is 2.74. The molecule has 1 amide bonds. The standard InChI is InChI=1S/C13H16BrNO2/c1-17-13(16)15-8-3-2-7-12(15)10-5-4-6-11(14)9-10/h4-6,9,12H,2-3,7-8H2,1H3. The van der Waals surface area contributed by atoms with Gasteiger partial charge in [-0.1, -0.05) is 28.1 Å². The molecule has 0 saturated carbocycles. The van der Waals surface area contributed by atoms with Crippen LogP contribution in [0.15, 0.2) is 28.7 Å². The molecule has 1 aromatic carbocycles. The summed E-state index contributed by atoms with van der Waals surface area (Å²) < 4.78 is 5.89. The lowest BCUT2D eigenvalue weighted by Crippen LogP contribution is -2.38. The van der Waals surface area contributed by atoms with E-state index in [0.29, 0.717) is 0 Å². The van der Waals surface area contributed by atoms with Crippen molar-refractivity contribution in [1.82, 2.24) is 4.90 Å². The maximum absolute atomic E-state index is 11.7. The molecule has 2 rings (SSSR count). The Balaban J connectivity index is 2.24. The molecule has 1 saturated heterocycles. The Morgan fingerprint density at radius 2 is 2.29 bits per heavy atom. The van der Waals surface area contributed by atoms with Crippen LogP contribution in [0.2, 0.25) is 0 Å². The van der Waals surface area contributed by atoms with E-state index in [1.807, 2.05) is 17.0 Å². The van der Waals surface area contributed by atoms with Gasteiger partial charge in [0.2, 0.25) is 0 Å². The normalized spacial score (nSPS) is 20.1. The van der Waals surface area contributed by atoms with E-state index in [1.165, 1.54) is 12.7 Å². The van der Waals surface area contributed by atoms with Gasteiger partial charge in [-0.3, -0.25) is 0 Å². The van der Waals surface area contributed by atoms with Crippen molar-refractivity contribution >= 4 is 22.0 Å². The van der Waals surface area contributed by atoms with Crippen LogP contribution in [0.25, 0.3) is 0 Å². The molecular formula is C13H16BrNO2. The van der Waals surface area contributed by atoms with Crippen molar-refractivity contribution in [2.24, 2.45) is 0 Å². The number of carbonyl (C=O) groups is 1. The molecule has 3 nitrogen and oxygen atoms in total. The highest BCUT2D eigenvalue weighted by molar-refractivity contribution is 9.10. The van der Waals surface area contributed by atoms with Crippen molar-refractivity contribution in [2.45, 2.75) is 25.3 Å². The highest BCUT2D eigenvalue weighted by Crippen LogP contribution is 2.32. The molecule has 92 valence electrons. The number of methoxy groups -OCH3 is 1. The number of benzene rings is 1. The maximum Gasteiger partial charge on any atom is 0.409 e. The highest BCUT2D eigenvalue weighted by atomic mass is 79.9. The molecule has 1 heterocycles. The molecule has 1 aliphatic rings. The zero-order valence-electron chi connectivity index (χ0n) is 9.86. The first-order valence-corrected chi connectivity index (χ1v) is 6.61. The third kappa shape index (κ3) is 2.80. The smallest absolute Gasteiger partial charge is 0.409 e. The molecule has 0 spiro atoms. The maximum atomic E-state index is 11.7. The summed E-state index contributed by atoms with van der Waals surface area (Å²) in [5.74, 6) is 0. The van der Waals surface area contributed by atoms with Crippen molar-refractivity contribution in [3.05, 3.63) is 34.3 Å². The Bertz CT molecular complexity index is 408. The summed E-state index contributed by atoms with van der Waals surface area (Å²) in [6.07, 6.45) is 2.99. The van der Waals surface area contributed by atoms with Gasteiger partial charge in [0, 0.05) is 11.0 Å². The topological polar surface area (TPSA) is 29.5 Å². The van der Waals surface area contributed by atoms with Gasteiger partial charge in [0.25, 0.3) is 0 Å². The van der Waals surface area contributed by atoms with E-state index in [-0.39, 0.29) is 12.1 Å². The van der Waals surface area contributed by atoms with Crippen LogP contribution in [0.5, 0.6) is 0 Å². The molecule has 0 aliphatic carbocycles. The van der Waals surface area contributed by atoms with Crippen LogP contribution < -0.4 is 0 Å². The summed E-state index contributed by atoms with van der Waals surface area (Å²) in [6, 6.07) is 8.29. The number of likely N-dealkylation sites (tertiary alicyclic amines) is 1. The summed E-state index contributed by atoms with van der Waals surface area (Å²) in [6.45, 7) is 0.782. The molecule has 1 fully saturated rings. The molecule has 1 atom stereocenters. The largest absolute Gasteiger partial charge is 0.453 e. The van der Waals surface area contributed by atoms with Gasteiger partial charge < -0.3 is 9.64 Å². The molecule has 0 N–H and O–H groups in total. The Labute approximate surface area is 110 Å². The number of ether oxygens (including phenoxy) is 1. The minimum absolute atomic E-state index is 0.147. The van der Waals surface area contributed by atoms with E-state index in [1.54, 1.807) is 0 Å². The van der Waals surface area contributed by atoms with Crippen LogP contribution in [0.1, 0.15) is 30.9 Å². The first kappa shape index (κ1) is 12.4. The van der Waals surface area contributed by atoms with Gasteiger partial charge >= 0.3 is 6.09 Å². The molecular weight excluding hydrogens is 282 g/mol. The molecule has 4 heteroatoms. The molecule has 1 aliphatic heterocycles. The number of hydrogen-bond donors (Lipinski definition) is 0. The lowest BCUT2D eigenvalue weighted by Gasteiger charge is -2.34. The van der Waals surface area contributed by atoms with E-state index in [0.717, 1.165) is 30.3 Å². The first-order valence-electron chi connectivity index (χ1n) is 5.82. The molecule has 1 unspecified atom stereocenters. The van der Waals surface area contributed by atoms with E-state index in [9.17, 15) is 4.79 Å². The van der Waals surface area contributed by atoms with Crippen molar-refractivity contribution in [1.29, 1.82) is 0 Å². The number of rotatable bonds is 1. The predicted octanol–water partition coefficient (Wildman–Crippen LogP) is 3.74. The van der Waals surface area contributed by atoms with Gasteiger partial charge in [-0.25, -0.2) is 4.79 Å². The number of carbonyl (C=O) groups excluding carboxylic acids is 1. The first-order chi connectivity index (χ1) is 8.22. The Morgan fingerprint density at radius 3 is 3.00 bits per heavy atom. The Morgan fingerprint density at radius 1 is 1.47 bits per heavy atom. The van der Waals surface area contributed by atoms with Crippen molar-refractivity contribution in [3.8, 4) is 0 Å². The number of nitrogens with zero attached hydrogens (tertiary/aromatic N) is 1. The third-order valence-corrected chi connectivity index (χ3v) is 3.64. The zero-order valence-corrected chi connectivity index (χ0v) is 11.4. The van der Waals surface area contributed by atoms with E-state index in [2.05, 4.69) is 28.1 Å². The van der Waals surface area contributed by atoms with Crippen LogP contribution in [0.3, 0.4) is 0 Å². The van der Waals surface area contributed by atoms with Crippen LogP contribution in [-0.4, -0.2) is 24.6 Å². The van der Waals surface area contributed by atoms with Crippen molar-refractivity contribution in [3.63, 3.8) is 0 Å². The second-order valence-electron chi connectivity index (χ2n) is 4.23. The average molecular weight is 298 g/mol. The van der Waals surface area contributed by atoms with Gasteiger partial charge in [0.15, 0.2) is 0 Å². The predicted molar refractivity (Wildman–Crippen MR) is 69.8 cm³/mol. The minimum Gasteiger partial charge on any atom is -0.453 e. The molecule has 0 bridgehead atoms. The van der Waals surface area contributed by atoms with Crippen molar-refractivity contribution in [2.75, 3.05) is 13.7 Å². The van der Waals surface area contributed by atoms with E-state index >= 15 is 0 Å². The molecule has 0 aromatic heterocycles. The van der Waals surface area contributed by atoms with Gasteiger partial charge in [0.1, 0.15) is 0 Å². The summed E-state index contributed by atoms with van der Waals surface area (Å²) >= 11 is 3.47. The van der Waals surface area contributed by atoms with Crippen LogP contribution in [0, 0.1) is 0 Å². The Hall–Kier alpha value is -1.03. The third-order valence-electron chi connectivity index (χ3n) is 3.15. The van der Waals surface area contributed by atoms with Gasteiger partial charge in [-0.2, -0.15) is 0 Å². The van der Waals surface area contributed by atoms with Crippen molar-refractivity contribution < 1.29 is 9.53 Å². The summed E-state index contributed by atoms with van der Waals surface area (Å²) in [7, 11) is 1.44. The second-order valence-corrected chi connectivity index (χ2v) is 5.15. The molecule has 17 heavy (non-hydrogen) atoms. The SMILES string of the molecule is COC(=O)N1CCCCC1c1cccc(Br)c1. The van der Waals surface area contributed by atoms with Gasteiger partial charge in [0.05, 0.1) is 13.2 Å². The lowest BCUT2D eigenvalue weighted by molar-refractivity contribution is 0.0894. The minimum atomic E-state index is -0.227. The fourth-order valence-electron chi connectivity index (χ4n) is 2.33. The van der Waals surface area contributed by atoms with E-state index in [4.69, 9.17) is 4.74 Å². The quantitative estimate of drug-likeness (QED) is 0.790. The van der Waals surface area contributed by atoms with Gasteiger partial charge in [-0.15, -0.1) is 0 Å². The highest BCUT2D eigenvalue weighted by Gasteiger charge is 2.28. The van der Waals surface area contributed by atoms with Crippen LogP contribution in [-0.2, 0) is 4.74 Å². The summed E-state index contributed by atoms with van der Waals surface area (Å²) in [5.41, 5.74) is 1.17. The Kier molecular flexibility index (Phi) is 4.05.